The molecule has 0 amide bonds. The van der Waals surface area contributed by atoms with Gasteiger partial charge in [0.15, 0.2) is 0 Å². The summed E-state index contributed by atoms with van der Waals surface area (Å²) in [6.07, 6.45) is -0.560. The molecular weight excluding hydrogens is 187 g/mol. The average Bonchev–Trinajstić information content (AvgIpc) is 1.86. The highest BCUT2D eigenvalue weighted by atomic mass is 31.2. The van der Waals surface area contributed by atoms with Crippen LogP contribution in [0.5, 0.6) is 0 Å². The first kappa shape index (κ1) is 14.5. The number of aliphatic hydroxyl groups excluding tert-OH is 2. The van der Waals surface area contributed by atoms with Crippen LogP contribution in [0.1, 0.15) is 13.8 Å². The summed E-state index contributed by atoms with van der Waals surface area (Å²) in [6, 6.07) is 0. The van der Waals surface area contributed by atoms with Crippen LogP contribution in [0.4, 0.5) is 0 Å². The lowest BCUT2D eigenvalue weighted by molar-refractivity contribution is 0.110. The number of phosphoric ester groups is 1. The second-order valence-electron chi connectivity index (χ2n) is 1.94. The molecule has 0 aliphatic heterocycles. The molecule has 0 bridgehead atoms. The summed E-state index contributed by atoms with van der Waals surface area (Å²) >= 11 is 0. The van der Waals surface area contributed by atoms with Crippen LogP contribution >= 0.6 is 7.82 Å². The molecule has 0 spiro atoms. The number of phosphoric acid groups is 1. The Morgan fingerprint density at radius 2 is 1.83 bits per heavy atom. The summed E-state index contributed by atoms with van der Waals surface area (Å²) in [5, 5.41) is 16.0. The predicted molar refractivity (Wildman–Crippen MR) is 42.4 cm³/mol. The maximum atomic E-state index is 9.70. The van der Waals surface area contributed by atoms with Crippen molar-refractivity contribution in [1.82, 2.24) is 0 Å². The van der Waals surface area contributed by atoms with Crippen molar-refractivity contribution in [2.24, 2.45) is 0 Å². The van der Waals surface area contributed by atoms with Crippen LogP contribution in [0.25, 0.3) is 0 Å². The minimum atomic E-state index is -4.17. The fourth-order valence-electron chi connectivity index (χ4n) is 0.168. The summed E-state index contributed by atoms with van der Waals surface area (Å²) < 4.78 is 13.6. The predicted octanol–water partition coefficient (Wildman–Crippen LogP) is -0.525. The molecule has 1 unspecified atom stereocenters. The summed E-state index contributed by atoms with van der Waals surface area (Å²) in [6.45, 7) is 2.95. The van der Waals surface area contributed by atoms with Crippen LogP contribution < -0.4 is 0 Å². The highest BCUT2D eigenvalue weighted by Crippen LogP contribution is 2.34. The van der Waals surface area contributed by atoms with Crippen molar-refractivity contribution in [3.05, 3.63) is 0 Å². The molecule has 0 aromatic heterocycles. The second-order valence-corrected chi connectivity index (χ2v) is 3.18. The van der Waals surface area contributed by atoms with E-state index in [0.29, 0.717) is 0 Å². The van der Waals surface area contributed by atoms with Crippen molar-refractivity contribution in [1.29, 1.82) is 0 Å². The molecule has 0 rings (SSSR count). The molecule has 0 saturated heterocycles. The second kappa shape index (κ2) is 7.67. The molecule has 6 nitrogen and oxygen atoms in total. The molecule has 12 heavy (non-hydrogen) atoms. The average molecular weight is 202 g/mol. The highest BCUT2D eigenvalue weighted by Gasteiger charge is 2.10. The number of rotatable bonds is 3. The fourth-order valence-corrected chi connectivity index (χ4v) is 0.505. The van der Waals surface area contributed by atoms with E-state index in [2.05, 4.69) is 4.52 Å². The van der Waals surface area contributed by atoms with E-state index < -0.39 is 13.9 Å². The number of hydrogen-bond donors (Lipinski definition) is 4. The first-order chi connectivity index (χ1) is 5.33. The minimum Gasteiger partial charge on any atom is -0.394 e. The van der Waals surface area contributed by atoms with E-state index in [1.807, 2.05) is 0 Å². The molecule has 0 radical (unpaired) electrons. The largest absolute Gasteiger partial charge is 0.469 e. The SMILES string of the molecule is CC(O)CO.CCOP(=O)(O)O. The molecule has 0 aliphatic carbocycles. The third kappa shape index (κ3) is 22.5. The van der Waals surface area contributed by atoms with Gasteiger partial charge in [-0.25, -0.2) is 4.57 Å². The molecule has 0 aliphatic rings. The quantitative estimate of drug-likeness (QED) is 0.458. The third-order valence-corrected chi connectivity index (χ3v) is 1.16. The Hall–Kier alpha value is 0.0300. The first-order valence-corrected chi connectivity index (χ1v) is 4.85. The van der Waals surface area contributed by atoms with Crippen LogP contribution in [0, 0.1) is 0 Å². The lowest BCUT2D eigenvalue weighted by atomic mass is 10.5. The molecule has 76 valence electrons. The van der Waals surface area contributed by atoms with Crippen molar-refractivity contribution >= 4 is 7.82 Å². The van der Waals surface area contributed by atoms with Gasteiger partial charge in [0.05, 0.1) is 19.3 Å². The zero-order valence-corrected chi connectivity index (χ0v) is 7.94. The van der Waals surface area contributed by atoms with Crippen LogP contribution in [0.3, 0.4) is 0 Å². The molecule has 7 heteroatoms. The van der Waals surface area contributed by atoms with Gasteiger partial charge in [0.1, 0.15) is 0 Å². The van der Waals surface area contributed by atoms with Gasteiger partial charge in [0, 0.05) is 0 Å². The smallest absolute Gasteiger partial charge is 0.394 e. The van der Waals surface area contributed by atoms with Crippen LogP contribution in [0.15, 0.2) is 0 Å². The fraction of sp³-hybridized carbons (Fsp3) is 1.00. The molecule has 0 aromatic carbocycles. The zero-order chi connectivity index (χ0) is 10.2. The highest BCUT2D eigenvalue weighted by molar-refractivity contribution is 7.46. The topological polar surface area (TPSA) is 107 Å². The Labute approximate surface area is 71.0 Å². The van der Waals surface area contributed by atoms with Gasteiger partial charge in [-0.1, -0.05) is 0 Å². The van der Waals surface area contributed by atoms with Gasteiger partial charge < -0.3 is 20.0 Å². The summed E-state index contributed by atoms with van der Waals surface area (Å²) in [5.74, 6) is 0. The lowest BCUT2D eigenvalue weighted by Gasteiger charge is -1.98. The standard InChI is InChI=1S/C3H8O2.C2H7O4P/c1-3(5)2-4;1-2-6-7(3,4)5/h3-5H,2H2,1H3;2H2,1H3,(H2,3,4,5). The van der Waals surface area contributed by atoms with Gasteiger partial charge >= 0.3 is 7.82 Å². The minimum absolute atomic E-state index is 0.0459. The van der Waals surface area contributed by atoms with Crippen LogP contribution in [-0.4, -0.2) is 39.3 Å². The van der Waals surface area contributed by atoms with E-state index in [1.165, 1.54) is 13.8 Å². The Kier molecular flexibility index (Phi) is 9.30. The third-order valence-electron chi connectivity index (χ3n) is 0.561. The molecular formula is C5H15O6P. The Morgan fingerprint density at radius 1 is 1.50 bits per heavy atom. The summed E-state index contributed by atoms with van der Waals surface area (Å²) in [4.78, 5) is 15.8. The molecule has 0 saturated carbocycles. The monoisotopic (exact) mass is 202 g/mol. The Balaban J connectivity index is 0. The van der Waals surface area contributed by atoms with Gasteiger partial charge in [0.25, 0.3) is 0 Å². The normalized spacial score (nSPS) is 13.2. The Bertz CT molecular complexity index is 130. The first-order valence-electron chi connectivity index (χ1n) is 3.32. The van der Waals surface area contributed by atoms with Crippen molar-refractivity contribution in [2.45, 2.75) is 20.0 Å². The molecule has 0 fully saturated rings. The van der Waals surface area contributed by atoms with Gasteiger partial charge in [0.2, 0.25) is 0 Å². The maximum absolute atomic E-state index is 9.70. The molecule has 4 N–H and O–H groups in total. The van der Waals surface area contributed by atoms with E-state index in [4.69, 9.17) is 20.0 Å². The van der Waals surface area contributed by atoms with E-state index in [0.717, 1.165) is 0 Å². The van der Waals surface area contributed by atoms with Gasteiger partial charge in [-0.3, -0.25) is 4.52 Å². The number of hydrogen-bond acceptors (Lipinski definition) is 4. The number of aliphatic hydroxyl groups is 2. The summed E-state index contributed by atoms with van der Waals surface area (Å²) in [5.41, 5.74) is 0. The maximum Gasteiger partial charge on any atom is 0.469 e. The van der Waals surface area contributed by atoms with E-state index in [9.17, 15) is 4.57 Å². The van der Waals surface area contributed by atoms with Crippen molar-refractivity contribution in [3.63, 3.8) is 0 Å². The van der Waals surface area contributed by atoms with Crippen molar-refractivity contribution in [2.75, 3.05) is 13.2 Å². The van der Waals surface area contributed by atoms with Crippen molar-refractivity contribution < 1.29 is 29.1 Å². The summed E-state index contributed by atoms with van der Waals surface area (Å²) in [7, 11) is -4.17. The van der Waals surface area contributed by atoms with E-state index >= 15 is 0 Å². The van der Waals surface area contributed by atoms with Gasteiger partial charge in [-0.2, -0.15) is 0 Å². The van der Waals surface area contributed by atoms with Crippen LogP contribution in [-0.2, 0) is 9.09 Å². The molecule has 1 atom stereocenters. The van der Waals surface area contributed by atoms with E-state index in [-0.39, 0.29) is 13.2 Å². The van der Waals surface area contributed by atoms with Crippen molar-refractivity contribution in [3.8, 4) is 0 Å². The molecule has 0 heterocycles. The Morgan fingerprint density at radius 3 is 1.83 bits per heavy atom. The van der Waals surface area contributed by atoms with E-state index in [1.54, 1.807) is 0 Å². The van der Waals surface area contributed by atoms with Gasteiger partial charge in [-0.05, 0) is 13.8 Å². The molecule has 0 aromatic rings. The zero-order valence-electron chi connectivity index (χ0n) is 7.04. The lowest BCUT2D eigenvalue weighted by Crippen LogP contribution is -2.03. The van der Waals surface area contributed by atoms with Crippen LogP contribution in [0.2, 0.25) is 0 Å². The van der Waals surface area contributed by atoms with Gasteiger partial charge in [-0.15, -0.1) is 0 Å².